The molecule has 3 aromatic rings. The fourth-order valence-corrected chi connectivity index (χ4v) is 7.21. The Bertz CT molecular complexity index is 1340. The maximum atomic E-state index is 6.81. The number of piperazine rings is 2. The van der Waals surface area contributed by atoms with Crippen LogP contribution in [0.3, 0.4) is 0 Å². The lowest BCUT2D eigenvalue weighted by Gasteiger charge is -2.43. The molecule has 1 unspecified atom stereocenters. The van der Waals surface area contributed by atoms with E-state index in [1.54, 1.807) is 7.11 Å². The first-order valence-corrected chi connectivity index (χ1v) is 14.8. The third-order valence-electron chi connectivity index (χ3n) is 9.39. The first-order valence-electron chi connectivity index (χ1n) is 14.8. The van der Waals surface area contributed by atoms with Crippen molar-refractivity contribution >= 4 is 17.1 Å². The van der Waals surface area contributed by atoms with Crippen LogP contribution in [-0.2, 0) is 0 Å². The van der Waals surface area contributed by atoms with Gasteiger partial charge in [0.2, 0.25) is 0 Å². The monoisotopic (exact) mass is 540 g/mol. The average Bonchev–Trinajstić information content (AvgIpc) is 3.28. The average molecular weight is 541 g/mol. The summed E-state index contributed by atoms with van der Waals surface area (Å²) in [6.07, 6.45) is 0. The van der Waals surface area contributed by atoms with Crippen molar-refractivity contribution in [2.45, 2.75) is 46.3 Å². The maximum Gasteiger partial charge on any atom is 0.128 e. The minimum Gasteiger partial charge on any atom is -0.497 e. The molecule has 1 atom stereocenters. The predicted molar refractivity (Wildman–Crippen MR) is 166 cm³/mol. The van der Waals surface area contributed by atoms with E-state index in [0.717, 1.165) is 63.9 Å². The number of para-hydroxylation sites is 1. The number of rotatable bonds is 5. The highest BCUT2D eigenvalue weighted by Gasteiger charge is 2.48. The van der Waals surface area contributed by atoms with Crippen molar-refractivity contribution in [2.75, 3.05) is 74.2 Å². The summed E-state index contributed by atoms with van der Waals surface area (Å²) in [4.78, 5) is 10.3. The molecule has 0 saturated carbocycles. The SMILES string of the molecule is COc1ccc(N2CCN(c3c(C)c(C)c4c(c3C)C(N3CCN(c5ccccc5)CC3)C(C)(C)O4)CC2)cc1. The molecule has 0 bridgehead atoms. The van der Waals surface area contributed by atoms with Crippen molar-refractivity contribution in [3.05, 3.63) is 76.9 Å². The van der Waals surface area contributed by atoms with E-state index < -0.39 is 0 Å². The van der Waals surface area contributed by atoms with Crippen LogP contribution in [0.15, 0.2) is 54.6 Å². The summed E-state index contributed by atoms with van der Waals surface area (Å²) >= 11 is 0. The Hall–Kier alpha value is -3.38. The highest BCUT2D eigenvalue weighted by Crippen LogP contribution is 2.53. The van der Waals surface area contributed by atoms with E-state index in [1.165, 1.54) is 39.3 Å². The Labute approximate surface area is 240 Å². The zero-order valence-corrected chi connectivity index (χ0v) is 25.0. The Morgan fingerprint density at radius 2 is 1.23 bits per heavy atom. The first kappa shape index (κ1) is 26.8. The number of anilines is 3. The fraction of sp³-hybridized carbons (Fsp3) is 0.471. The third kappa shape index (κ3) is 4.66. The van der Waals surface area contributed by atoms with Crippen molar-refractivity contribution in [2.24, 2.45) is 0 Å². The Kier molecular flexibility index (Phi) is 7.07. The smallest absolute Gasteiger partial charge is 0.128 e. The summed E-state index contributed by atoms with van der Waals surface area (Å²) in [5.74, 6) is 2.03. The summed E-state index contributed by atoms with van der Waals surface area (Å²) < 4.78 is 12.2. The van der Waals surface area contributed by atoms with Gasteiger partial charge in [-0.05, 0) is 87.7 Å². The Morgan fingerprint density at radius 3 is 1.82 bits per heavy atom. The molecule has 40 heavy (non-hydrogen) atoms. The van der Waals surface area contributed by atoms with Gasteiger partial charge in [0, 0.05) is 75.0 Å². The lowest BCUT2D eigenvalue weighted by molar-refractivity contribution is 0.0255. The van der Waals surface area contributed by atoms with Crippen molar-refractivity contribution in [1.82, 2.24) is 4.90 Å². The molecule has 0 radical (unpaired) electrons. The largest absolute Gasteiger partial charge is 0.497 e. The normalized spacial score (nSPS) is 20.9. The Balaban J connectivity index is 1.25. The van der Waals surface area contributed by atoms with Crippen LogP contribution in [0.25, 0.3) is 0 Å². The molecule has 0 spiro atoms. The van der Waals surface area contributed by atoms with Gasteiger partial charge in [-0.25, -0.2) is 0 Å². The molecule has 212 valence electrons. The van der Waals surface area contributed by atoms with Gasteiger partial charge < -0.3 is 24.2 Å². The minimum absolute atomic E-state index is 0.249. The number of hydrogen-bond donors (Lipinski definition) is 0. The van der Waals surface area contributed by atoms with E-state index in [-0.39, 0.29) is 11.6 Å². The molecular formula is C34H44N4O2. The Morgan fingerprint density at radius 1 is 0.675 bits per heavy atom. The van der Waals surface area contributed by atoms with Gasteiger partial charge in [-0.15, -0.1) is 0 Å². The molecule has 6 heteroatoms. The highest BCUT2D eigenvalue weighted by atomic mass is 16.5. The van der Waals surface area contributed by atoms with Gasteiger partial charge in [0.1, 0.15) is 17.1 Å². The summed E-state index contributed by atoms with van der Waals surface area (Å²) in [5.41, 5.74) is 9.20. The molecule has 0 amide bonds. The molecule has 0 aromatic heterocycles. The fourth-order valence-electron chi connectivity index (χ4n) is 7.21. The minimum atomic E-state index is -0.273. The topological polar surface area (TPSA) is 31.4 Å². The van der Waals surface area contributed by atoms with Crippen molar-refractivity contribution in [3.8, 4) is 11.5 Å². The third-order valence-corrected chi connectivity index (χ3v) is 9.39. The molecule has 6 nitrogen and oxygen atoms in total. The first-order chi connectivity index (χ1) is 19.3. The molecular weight excluding hydrogens is 496 g/mol. The van der Waals surface area contributed by atoms with Gasteiger partial charge in [-0.3, -0.25) is 4.90 Å². The number of methoxy groups -OCH3 is 1. The van der Waals surface area contributed by atoms with E-state index in [2.05, 4.69) is 109 Å². The lowest BCUT2D eigenvalue weighted by atomic mass is 9.86. The lowest BCUT2D eigenvalue weighted by Crippen LogP contribution is -2.52. The summed E-state index contributed by atoms with van der Waals surface area (Å²) in [5, 5.41) is 0. The zero-order valence-electron chi connectivity index (χ0n) is 25.0. The van der Waals surface area contributed by atoms with Crippen LogP contribution in [0.4, 0.5) is 17.1 Å². The van der Waals surface area contributed by atoms with Gasteiger partial charge >= 0.3 is 0 Å². The number of fused-ring (bicyclic) bond motifs is 1. The molecule has 6 rings (SSSR count). The van der Waals surface area contributed by atoms with E-state index in [0.29, 0.717) is 0 Å². The van der Waals surface area contributed by atoms with Crippen LogP contribution in [0.5, 0.6) is 11.5 Å². The second-order valence-electron chi connectivity index (χ2n) is 12.1. The van der Waals surface area contributed by atoms with Crippen LogP contribution in [0.2, 0.25) is 0 Å². The predicted octanol–water partition coefficient (Wildman–Crippen LogP) is 5.98. The zero-order chi connectivity index (χ0) is 28.0. The second kappa shape index (κ2) is 10.5. The van der Waals surface area contributed by atoms with Crippen molar-refractivity contribution in [1.29, 1.82) is 0 Å². The van der Waals surface area contributed by atoms with Crippen molar-refractivity contribution < 1.29 is 9.47 Å². The van der Waals surface area contributed by atoms with E-state index >= 15 is 0 Å². The molecule has 3 aliphatic heterocycles. The highest BCUT2D eigenvalue weighted by molar-refractivity contribution is 5.71. The summed E-state index contributed by atoms with van der Waals surface area (Å²) in [6, 6.07) is 19.5. The van der Waals surface area contributed by atoms with E-state index in [4.69, 9.17) is 9.47 Å². The van der Waals surface area contributed by atoms with Crippen LogP contribution >= 0.6 is 0 Å². The second-order valence-corrected chi connectivity index (χ2v) is 12.1. The summed E-state index contributed by atoms with van der Waals surface area (Å²) in [7, 11) is 1.72. The van der Waals surface area contributed by atoms with Crippen LogP contribution < -0.4 is 24.2 Å². The molecule has 0 aliphatic carbocycles. The van der Waals surface area contributed by atoms with E-state index in [1.807, 2.05) is 0 Å². The molecule has 2 fully saturated rings. The van der Waals surface area contributed by atoms with Gasteiger partial charge in [-0.1, -0.05) is 18.2 Å². The quantitative estimate of drug-likeness (QED) is 0.396. The van der Waals surface area contributed by atoms with Crippen LogP contribution in [0, 0.1) is 20.8 Å². The van der Waals surface area contributed by atoms with Crippen LogP contribution in [0.1, 0.15) is 42.1 Å². The molecule has 3 aliphatic rings. The molecule has 2 saturated heterocycles. The summed E-state index contributed by atoms with van der Waals surface area (Å²) in [6.45, 7) is 19.6. The number of hydrogen-bond acceptors (Lipinski definition) is 6. The standard InChI is InChI=1S/C34H44N4O2/c1-24-25(2)32-30(26(3)31(24)37-20-16-36(17-21-37)28-12-14-29(39-6)15-13-28)33(34(4,5)40-32)38-22-18-35(19-23-38)27-10-8-7-9-11-27/h7-15,33H,16-23H2,1-6H3. The molecule has 0 N–H and O–H groups in total. The molecule has 3 aromatic carbocycles. The van der Waals surface area contributed by atoms with E-state index in [9.17, 15) is 0 Å². The number of ether oxygens (including phenoxy) is 2. The number of benzene rings is 3. The van der Waals surface area contributed by atoms with Crippen LogP contribution in [-0.4, -0.2) is 70.0 Å². The van der Waals surface area contributed by atoms with Gasteiger partial charge in [0.25, 0.3) is 0 Å². The van der Waals surface area contributed by atoms with Crippen molar-refractivity contribution in [3.63, 3.8) is 0 Å². The van der Waals surface area contributed by atoms with Gasteiger partial charge in [0.05, 0.1) is 13.2 Å². The maximum absolute atomic E-state index is 6.81. The van der Waals surface area contributed by atoms with Gasteiger partial charge in [0.15, 0.2) is 0 Å². The molecule has 3 heterocycles. The number of nitrogens with zero attached hydrogens (tertiary/aromatic N) is 4. The van der Waals surface area contributed by atoms with Gasteiger partial charge in [-0.2, -0.15) is 0 Å².